The van der Waals surface area contributed by atoms with Crippen LogP contribution in [0.1, 0.15) is 54.6 Å². The van der Waals surface area contributed by atoms with Gasteiger partial charge in [-0.15, -0.1) is 0 Å². The molecule has 8 heteroatoms. The average molecular weight is 479 g/mol. The summed E-state index contributed by atoms with van der Waals surface area (Å²) in [6.45, 7) is 5.68. The number of carbonyl (C=O) groups excluding carboxylic acids is 2. The monoisotopic (exact) mass is 478 g/mol. The first kappa shape index (κ1) is 23.5. The molecular weight excluding hydrogens is 444 g/mol. The first-order valence-electron chi connectivity index (χ1n) is 12.8. The molecule has 0 radical (unpaired) electrons. The Morgan fingerprint density at radius 1 is 1.20 bits per heavy atom. The molecule has 1 aromatic carbocycles. The van der Waals surface area contributed by atoms with E-state index < -0.39 is 0 Å². The molecule has 0 spiro atoms. The Balaban J connectivity index is 1.23. The third kappa shape index (κ3) is 5.21. The number of hydrogen-bond donors (Lipinski definition) is 1. The highest BCUT2D eigenvalue weighted by Crippen LogP contribution is 2.34. The molecule has 0 saturated carbocycles. The molecule has 2 aromatic rings. The molecule has 1 aromatic heterocycles. The minimum atomic E-state index is -0.366. The summed E-state index contributed by atoms with van der Waals surface area (Å²) in [5.41, 5.74) is 4.43. The highest BCUT2D eigenvalue weighted by Gasteiger charge is 2.36. The number of fused-ring (bicyclic) bond motifs is 2. The number of nitrogens with zero attached hydrogens (tertiary/aromatic N) is 3. The van der Waals surface area contributed by atoms with Gasteiger partial charge in [0.15, 0.2) is 0 Å². The van der Waals surface area contributed by atoms with Gasteiger partial charge in [-0.3, -0.25) is 4.79 Å². The van der Waals surface area contributed by atoms with Crippen molar-refractivity contribution < 1.29 is 19.1 Å². The molecule has 1 saturated heterocycles. The van der Waals surface area contributed by atoms with Gasteiger partial charge in [0.2, 0.25) is 0 Å². The molecule has 0 aliphatic carbocycles. The summed E-state index contributed by atoms with van der Waals surface area (Å²) in [7, 11) is 0. The van der Waals surface area contributed by atoms with Gasteiger partial charge in [-0.25, -0.2) is 9.78 Å². The quantitative estimate of drug-likeness (QED) is 0.553. The Bertz CT molecular complexity index is 1090. The summed E-state index contributed by atoms with van der Waals surface area (Å²) in [6.07, 6.45) is 4.93. The normalized spacial score (nSPS) is 17.5. The number of urea groups is 1. The second kappa shape index (κ2) is 10.5. The minimum Gasteiger partial charge on any atom is -0.493 e. The lowest BCUT2D eigenvalue weighted by atomic mass is 9.99. The van der Waals surface area contributed by atoms with Crippen LogP contribution in [0.3, 0.4) is 0 Å². The number of ether oxygens (including phenoxy) is 2. The van der Waals surface area contributed by atoms with Gasteiger partial charge < -0.3 is 24.6 Å². The number of carbonyl (C=O) groups is 2. The number of nitrogens with one attached hydrogen (secondary N) is 1. The van der Waals surface area contributed by atoms with Gasteiger partial charge in [0.25, 0.3) is 0 Å². The van der Waals surface area contributed by atoms with Crippen molar-refractivity contribution in [3.05, 3.63) is 52.7 Å². The summed E-state index contributed by atoms with van der Waals surface area (Å²) in [4.78, 5) is 34.3. The van der Waals surface area contributed by atoms with Gasteiger partial charge >= 0.3 is 12.0 Å². The lowest BCUT2D eigenvalue weighted by molar-refractivity contribution is -0.144. The van der Waals surface area contributed by atoms with Crippen LogP contribution in [0.4, 0.5) is 10.6 Å². The summed E-state index contributed by atoms with van der Waals surface area (Å²) in [5, 5.41) is 3.39. The number of amides is 2. The molecule has 3 aliphatic rings. The Morgan fingerprint density at radius 2 is 2.09 bits per heavy atom. The Morgan fingerprint density at radius 3 is 2.97 bits per heavy atom. The van der Waals surface area contributed by atoms with E-state index in [-0.39, 0.29) is 24.5 Å². The topological polar surface area (TPSA) is 84.0 Å². The van der Waals surface area contributed by atoms with E-state index in [0.717, 1.165) is 61.5 Å². The maximum atomic E-state index is 13.4. The number of hydrogen-bond acceptors (Lipinski definition) is 6. The number of benzene rings is 1. The number of aromatic nitrogens is 1. The van der Waals surface area contributed by atoms with Crippen molar-refractivity contribution in [1.29, 1.82) is 0 Å². The summed E-state index contributed by atoms with van der Waals surface area (Å²) < 4.78 is 11.0. The largest absolute Gasteiger partial charge is 0.493 e. The second-order valence-corrected chi connectivity index (χ2v) is 9.40. The third-order valence-corrected chi connectivity index (χ3v) is 7.09. The number of anilines is 1. The summed E-state index contributed by atoms with van der Waals surface area (Å²) in [6, 6.07) is 9.94. The number of esters is 1. The van der Waals surface area contributed by atoms with Gasteiger partial charge in [-0.05, 0) is 61.4 Å². The molecule has 1 atom stereocenters. The first-order chi connectivity index (χ1) is 17.1. The lowest BCUT2D eigenvalue weighted by Crippen LogP contribution is -2.36. The van der Waals surface area contributed by atoms with Gasteiger partial charge in [0, 0.05) is 38.3 Å². The van der Waals surface area contributed by atoms with Gasteiger partial charge in [-0.1, -0.05) is 18.2 Å². The fourth-order valence-electron chi connectivity index (χ4n) is 5.23. The molecule has 8 nitrogen and oxygen atoms in total. The Labute approximate surface area is 206 Å². The summed E-state index contributed by atoms with van der Waals surface area (Å²) >= 11 is 0. The van der Waals surface area contributed by atoms with Gasteiger partial charge in [-0.2, -0.15) is 0 Å². The zero-order valence-corrected chi connectivity index (χ0v) is 20.4. The van der Waals surface area contributed by atoms with Crippen molar-refractivity contribution in [2.24, 2.45) is 0 Å². The minimum absolute atomic E-state index is 0.0271. The highest BCUT2D eigenvalue weighted by atomic mass is 16.5. The van der Waals surface area contributed by atoms with Gasteiger partial charge in [0.05, 0.1) is 25.7 Å². The molecule has 1 fully saturated rings. The van der Waals surface area contributed by atoms with Crippen LogP contribution in [0, 0.1) is 0 Å². The van der Waals surface area contributed by atoms with Crippen LogP contribution >= 0.6 is 0 Å². The second-order valence-electron chi connectivity index (χ2n) is 9.40. The fraction of sp³-hybridized carbons (Fsp3) is 0.519. The van der Waals surface area contributed by atoms with Crippen LogP contribution in [0.15, 0.2) is 30.3 Å². The smallest absolute Gasteiger partial charge is 0.320 e. The van der Waals surface area contributed by atoms with E-state index in [4.69, 9.17) is 14.5 Å². The van der Waals surface area contributed by atoms with E-state index in [1.807, 2.05) is 21.9 Å². The molecule has 2 amide bonds. The van der Waals surface area contributed by atoms with Crippen LogP contribution in [0.2, 0.25) is 0 Å². The van der Waals surface area contributed by atoms with E-state index in [1.165, 1.54) is 11.1 Å². The Kier molecular flexibility index (Phi) is 7.06. The summed E-state index contributed by atoms with van der Waals surface area (Å²) in [5.74, 6) is 1.57. The number of pyridine rings is 1. The molecule has 4 heterocycles. The van der Waals surface area contributed by atoms with Crippen LogP contribution in [0.25, 0.3) is 0 Å². The highest BCUT2D eigenvalue weighted by molar-refractivity contribution is 5.79. The number of aryl methyl sites for hydroxylation is 2. The Hall–Kier alpha value is -3.29. The van der Waals surface area contributed by atoms with Crippen LogP contribution in [-0.4, -0.2) is 66.2 Å². The zero-order valence-electron chi connectivity index (χ0n) is 20.4. The zero-order chi connectivity index (χ0) is 24.2. The van der Waals surface area contributed by atoms with E-state index in [0.29, 0.717) is 32.8 Å². The first-order valence-corrected chi connectivity index (χ1v) is 12.8. The average Bonchev–Trinajstić information content (AvgIpc) is 3.49. The van der Waals surface area contributed by atoms with Crippen molar-refractivity contribution in [2.45, 2.75) is 51.5 Å². The van der Waals surface area contributed by atoms with Crippen LogP contribution < -0.4 is 10.1 Å². The van der Waals surface area contributed by atoms with E-state index >= 15 is 0 Å². The number of rotatable bonds is 9. The molecule has 5 rings (SSSR count). The van der Waals surface area contributed by atoms with E-state index in [1.54, 1.807) is 6.92 Å². The lowest BCUT2D eigenvalue weighted by Gasteiger charge is -2.28. The van der Waals surface area contributed by atoms with Crippen LogP contribution in [0.5, 0.6) is 5.75 Å². The molecule has 0 bridgehead atoms. The molecule has 1 N–H and O–H groups in total. The molecule has 186 valence electrons. The van der Waals surface area contributed by atoms with Crippen LogP contribution in [-0.2, 0) is 28.8 Å². The van der Waals surface area contributed by atoms with E-state index in [2.05, 4.69) is 23.5 Å². The molecule has 35 heavy (non-hydrogen) atoms. The standard InChI is InChI=1S/C27H34N4O4/c1-2-34-25(32)18-23(21-8-7-19-11-16-35-24(19)17-21)31-15-14-30(27(31)33)13-4-6-22-10-9-20-5-3-12-28-26(20)29-22/h7-10,17,23H,2-6,11-16,18H2,1H3,(H,28,29). The predicted octanol–water partition coefficient (Wildman–Crippen LogP) is 3.74. The molecule has 1 unspecified atom stereocenters. The molecular formula is C27H34N4O4. The SMILES string of the molecule is CCOC(=O)CC(c1ccc2c(c1)OCC2)N1CCN(CCCc2ccc3c(n2)NCCC3)C1=O. The maximum absolute atomic E-state index is 13.4. The third-order valence-electron chi connectivity index (χ3n) is 7.09. The maximum Gasteiger partial charge on any atom is 0.320 e. The predicted molar refractivity (Wildman–Crippen MR) is 133 cm³/mol. The van der Waals surface area contributed by atoms with Gasteiger partial charge in [0.1, 0.15) is 11.6 Å². The molecule has 3 aliphatic heterocycles. The van der Waals surface area contributed by atoms with Crippen molar-refractivity contribution in [2.75, 3.05) is 44.7 Å². The van der Waals surface area contributed by atoms with E-state index in [9.17, 15) is 9.59 Å². The van der Waals surface area contributed by atoms with Crippen molar-refractivity contribution in [3.8, 4) is 5.75 Å². The van der Waals surface area contributed by atoms with Crippen molar-refractivity contribution in [3.63, 3.8) is 0 Å². The van der Waals surface area contributed by atoms with Crippen molar-refractivity contribution in [1.82, 2.24) is 14.8 Å². The fourth-order valence-corrected chi connectivity index (χ4v) is 5.23. The van der Waals surface area contributed by atoms with Crippen molar-refractivity contribution >= 4 is 17.8 Å².